The number of nitrogens with zero attached hydrogens (tertiary/aromatic N) is 4. The van der Waals surface area contributed by atoms with Crippen molar-refractivity contribution in [3.8, 4) is 0 Å². The van der Waals surface area contributed by atoms with Crippen LogP contribution in [0.2, 0.25) is 0 Å². The lowest BCUT2D eigenvalue weighted by atomic mass is 9.75. The zero-order chi connectivity index (χ0) is 29.1. The molecule has 2 saturated heterocycles. The second kappa shape index (κ2) is 15.6. The van der Waals surface area contributed by atoms with Gasteiger partial charge in [-0.2, -0.15) is 0 Å². The Morgan fingerprint density at radius 3 is 1.67 bits per heavy atom. The summed E-state index contributed by atoms with van der Waals surface area (Å²) < 4.78 is 5.93. The highest BCUT2D eigenvalue weighted by Gasteiger charge is 2.46. The summed E-state index contributed by atoms with van der Waals surface area (Å²) in [6, 6.07) is -0.284. The van der Waals surface area contributed by atoms with E-state index in [1.54, 1.807) is 14.7 Å². The van der Waals surface area contributed by atoms with E-state index < -0.39 is 5.54 Å². The number of hydrogen-bond donors (Lipinski definition) is 0. The van der Waals surface area contributed by atoms with Crippen molar-refractivity contribution in [3.63, 3.8) is 0 Å². The normalized spacial score (nSPS) is 17.0. The van der Waals surface area contributed by atoms with Gasteiger partial charge in [0.2, 0.25) is 5.91 Å². The number of rotatable bonds is 20. The highest BCUT2D eigenvalue weighted by Crippen LogP contribution is 2.37. The zero-order valence-corrected chi connectivity index (χ0v) is 25.6. The number of hydrogen-bond acceptors (Lipinski definition) is 5. The van der Waals surface area contributed by atoms with Crippen molar-refractivity contribution >= 4 is 23.9 Å². The van der Waals surface area contributed by atoms with Crippen LogP contribution in [-0.4, -0.2) is 95.0 Å². The number of carbonyl (C=O) groups excluding carboxylic acids is 4. The summed E-state index contributed by atoms with van der Waals surface area (Å²) in [5.74, 6) is -0.147. The number of ether oxygens (including phenoxy) is 1. The lowest BCUT2D eigenvalue weighted by molar-refractivity contribution is -0.130. The molecule has 0 bridgehead atoms. The lowest BCUT2D eigenvalue weighted by Crippen LogP contribution is -2.51. The van der Waals surface area contributed by atoms with Gasteiger partial charge < -0.3 is 14.5 Å². The molecule has 0 aliphatic carbocycles. The molecule has 0 saturated carbocycles. The predicted molar refractivity (Wildman–Crippen MR) is 153 cm³/mol. The maximum absolute atomic E-state index is 12.8. The van der Waals surface area contributed by atoms with Crippen molar-refractivity contribution in [2.75, 3.05) is 45.9 Å². The van der Waals surface area contributed by atoms with Gasteiger partial charge in [0, 0.05) is 32.8 Å². The fourth-order valence-electron chi connectivity index (χ4n) is 6.25. The van der Waals surface area contributed by atoms with Crippen LogP contribution in [0.5, 0.6) is 0 Å². The molecule has 2 fully saturated rings. The molecule has 0 unspecified atom stereocenters. The van der Waals surface area contributed by atoms with Crippen LogP contribution in [0.4, 0.5) is 9.59 Å². The molecule has 0 atom stereocenters. The minimum atomic E-state index is -0.402. The van der Waals surface area contributed by atoms with Crippen LogP contribution in [0.3, 0.4) is 0 Å². The first-order valence-corrected chi connectivity index (χ1v) is 15.5. The summed E-state index contributed by atoms with van der Waals surface area (Å²) in [4.78, 5) is 56.4. The Balaban J connectivity index is 1.69. The summed E-state index contributed by atoms with van der Waals surface area (Å²) in [6.45, 7) is 15.8. The molecule has 224 valence electrons. The van der Waals surface area contributed by atoms with Gasteiger partial charge in [0.15, 0.2) is 0 Å². The van der Waals surface area contributed by atoms with E-state index in [4.69, 9.17) is 4.74 Å². The number of imide groups is 2. The largest absolute Gasteiger partial charge is 0.381 e. The smallest absolute Gasteiger partial charge is 0.327 e. The summed E-state index contributed by atoms with van der Waals surface area (Å²) in [6.07, 6.45) is 10.2. The Kier molecular flexibility index (Phi) is 13.2. The first-order chi connectivity index (χ1) is 18.7. The molecule has 39 heavy (non-hydrogen) atoms. The van der Waals surface area contributed by atoms with E-state index in [9.17, 15) is 19.2 Å². The molecule has 0 radical (unpaired) electrons. The number of likely N-dealkylation sites (N-methyl/N-ethyl adjacent to an activating group) is 2. The van der Waals surface area contributed by atoms with Crippen LogP contribution >= 0.6 is 0 Å². The third-order valence-electron chi connectivity index (χ3n) is 9.51. The first-order valence-electron chi connectivity index (χ1n) is 15.5. The SMILES string of the molecule is CCN1CC(=O)N(CCC(CC)(CC)CCCCOCCCCC(CC)(CC)N2C(=O)CN(CC)C2=O)C1=O. The maximum Gasteiger partial charge on any atom is 0.327 e. The monoisotopic (exact) mass is 550 g/mol. The van der Waals surface area contributed by atoms with Gasteiger partial charge in [-0.05, 0) is 70.6 Å². The molecule has 0 aromatic rings. The highest BCUT2D eigenvalue weighted by molar-refractivity contribution is 6.03. The van der Waals surface area contributed by atoms with Crippen molar-refractivity contribution in [2.45, 2.75) is 118 Å². The molecule has 9 heteroatoms. The van der Waals surface area contributed by atoms with Gasteiger partial charge in [0.1, 0.15) is 13.1 Å². The van der Waals surface area contributed by atoms with Crippen molar-refractivity contribution < 1.29 is 23.9 Å². The van der Waals surface area contributed by atoms with Crippen LogP contribution in [0.25, 0.3) is 0 Å². The number of carbonyl (C=O) groups is 4. The third-order valence-corrected chi connectivity index (χ3v) is 9.51. The Hall–Kier alpha value is -2.16. The van der Waals surface area contributed by atoms with Crippen molar-refractivity contribution in [1.82, 2.24) is 19.6 Å². The standard InChI is InChI=1S/C30H54N4O5/c1-7-29(8-2,19-20-33-25(35)23-31(11-5)27(33)37)17-13-15-21-39-22-16-14-18-30(9-3,10-4)34-26(36)24-32(12-6)28(34)38/h7-24H2,1-6H3. The molecule has 0 aromatic carbocycles. The van der Waals surface area contributed by atoms with Crippen LogP contribution in [0, 0.1) is 5.41 Å². The van der Waals surface area contributed by atoms with Gasteiger partial charge in [-0.3, -0.25) is 19.4 Å². The average molecular weight is 551 g/mol. The van der Waals surface area contributed by atoms with E-state index in [2.05, 4.69) is 27.7 Å². The second-order valence-corrected chi connectivity index (χ2v) is 11.3. The summed E-state index contributed by atoms with van der Waals surface area (Å²) >= 11 is 0. The van der Waals surface area contributed by atoms with Crippen LogP contribution in [-0.2, 0) is 14.3 Å². The van der Waals surface area contributed by atoms with E-state index in [0.29, 0.717) is 26.2 Å². The van der Waals surface area contributed by atoms with E-state index >= 15 is 0 Å². The number of amides is 6. The Bertz CT molecular complexity index is 824. The van der Waals surface area contributed by atoms with Gasteiger partial charge in [-0.15, -0.1) is 0 Å². The predicted octanol–water partition coefficient (Wildman–Crippen LogP) is 5.67. The summed E-state index contributed by atoms with van der Waals surface area (Å²) in [7, 11) is 0. The Labute approximate surface area is 236 Å². The van der Waals surface area contributed by atoms with Gasteiger partial charge in [0.25, 0.3) is 5.91 Å². The van der Waals surface area contributed by atoms with Crippen molar-refractivity contribution in [3.05, 3.63) is 0 Å². The molecule has 6 amide bonds. The van der Waals surface area contributed by atoms with E-state index in [0.717, 1.165) is 77.2 Å². The topological polar surface area (TPSA) is 90.5 Å². The van der Waals surface area contributed by atoms with Gasteiger partial charge >= 0.3 is 12.1 Å². The zero-order valence-electron chi connectivity index (χ0n) is 25.6. The first kappa shape index (κ1) is 33.0. The molecule has 2 aliphatic heterocycles. The van der Waals surface area contributed by atoms with E-state index in [-0.39, 0.29) is 42.4 Å². The quantitative estimate of drug-likeness (QED) is 0.144. The number of unbranched alkanes of at least 4 members (excludes halogenated alkanes) is 2. The van der Waals surface area contributed by atoms with Crippen LogP contribution in [0.15, 0.2) is 0 Å². The highest BCUT2D eigenvalue weighted by atomic mass is 16.5. The Morgan fingerprint density at radius 1 is 0.641 bits per heavy atom. The average Bonchev–Trinajstić information content (AvgIpc) is 3.40. The summed E-state index contributed by atoms with van der Waals surface area (Å²) in [5, 5.41) is 0. The molecule has 2 rings (SSSR count). The molecular weight excluding hydrogens is 496 g/mol. The van der Waals surface area contributed by atoms with Crippen molar-refractivity contribution in [2.24, 2.45) is 5.41 Å². The Morgan fingerprint density at radius 2 is 1.18 bits per heavy atom. The van der Waals surface area contributed by atoms with E-state index in [1.165, 1.54) is 4.90 Å². The fraction of sp³-hybridized carbons (Fsp3) is 0.867. The van der Waals surface area contributed by atoms with E-state index in [1.807, 2.05) is 13.8 Å². The minimum absolute atomic E-state index is 0.0707. The summed E-state index contributed by atoms with van der Waals surface area (Å²) in [5.41, 5.74) is -0.261. The second-order valence-electron chi connectivity index (χ2n) is 11.3. The number of urea groups is 2. The van der Waals surface area contributed by atoms with Gasteiger partial charge in [-0.25, -0.2) is 9.59 Å². The molecule has 0 aromatic heterocycles. The van der Waals surface area contributed by atoms with Crippen LogP contribution < -0.4 is 0 Å². The fourth-order valence-corrected chi connectivity index (χ4v) is 6.25. The molecule has 0 N–H and O–H groups in total. The molecule has 2 aliphatic rings. The molecule has 0 spiro atoms. The van der Waals surface area contributed by atoms with Crippen molar-refractivity contribution in [1.29, 1.82) is 0 Å². The molecule has 2 heterocycles. The lowest BCUT2D eigenvalue weighted by Gasteiger charge is -2.39. The minimum Gasteiger partial charge on any atom is -0.381 e. The molecular formula is C30H54N4O5. The van der Waals surface area contributed by atoms with Gasteiger partial charge in [0.05, 0.1) is 5.54 Å². The molecule has 9 nitrogen and oxygen atoms in total. The van der Waals surface area contributed by atoms with Gasteiger partial charge in [-0.1, -0.05) is 47.0 Å². The third kappa shape index (κ3) is 7.95. The maximum atomic E-state index is 12.8. The van der Waals surface area contributed by atoms with Crippen LogP contribution in [0.1, 0.15) is 112 Å².